The monoisotopic (exact) mass is 514 g/mol. The molecule has 1 fully saturated rings. The molecule has 1 N–H and O–H groups in total. The van der Waals surface area contributed by atoms with Crippen molar-refractivity contribution >= 4 is 45.6 Å². The van der Waals surface area contributed by atoms with E-state index in [4.69, 9.17) is 16.3 Å². The molecule has 1 aliphatic heterocycles. The van der Waals surface area contributed by atoms with Gasteiger partial charge >= 0.3 is 0 Å². The van der Waals surface area contributed by atoms with Crippen LogP contribution in [0.5, 0.6) is 5.75 Å². The topological polar surface area (TPSA) is 71.8 Å². The summed E-state index contributed by atoms with van der Waals surface area (Å²) in [7, 11) is 1.91. The van der Waals surface area contributed by atoms with E-state index in [0.717, 1.165) is 27.6 Å². The van der Waals surface area contributed by atoms with Crippen molar-refractivity contribution in [2.45, 2.75) is 26.8 Å². The fourth-order valence-corrected chi connectivity index (χ4v) is 5.15. The Morgan fingerprint density at radius 2 is 1.78 bits per heavy atom. The minimum absolute atomic E-state index is 0.0184. The largest absolute Gasteiger partial charge is 0.507 e. The molecule has 2 heterocycles. The van der Waals surface area contributed by atoms with Crippen LogP contribution < -0.4 is 9.64 Å². The van der Waals surface area contributed by atoms with Crippen LogP contribution in [0.4, 0.5) is 5.69 Å². The van der Waals surface area contributed by atoms with Gasteiger partial charge in [0.2, 0.25) is 0 Å². The van der Waals surface area contributed by atoms with Crippen LogP contribution in [0.25, 0.3) is 16.7 Å². The molecular formula is C30H27ClN2O4. The number of benzene rings is 3. The van der Waals surface area contributed by atoms with Crippen molar-refractivity contribution in [3.05, 3.63) is 99.7 Å². The lowest BCUT2D eigenvalue weighted by atomic mass is 9.94. The zero-order valence-electron chi connectivity index (χ0n) is 21.1. The van der Waals surface area contributed by atoms with E-state index in [9.17, 15) is 14.7 Å². The minimum atomic E-state index is -0.861. The second-order valence-corrected chi connectivity index (χ2v) is 9.63. The molecule has 188 valence electrons. The van der Waals surface area contributed by atoms with Gasteiger partial charge in [-0.3, -0.25) is 14.5 Å². The van der Waals surface area contributed by atoms with Gasteiger partial charge in [0.15, 0.2) is 0 Å². The van der Waals surface area contributed by atoms with Gasteiger partial charge in [-0.2, -0.15) is 0 Å². The van der Waals surface area contributed by atoms with Gasteiger partial charge in [0, 0.05) is 41.0 Å². The van der Waals surface area contributed by atoms with Crippen LogP contribution in [0.15, 0.2) is 72.4 Å². The smallest absolute Gasteiger partial charge is 0.300 e. The molecule has 1 aliphatic rings. The summed E-state index contributed by atoms with van der Waals surface area (Å²) >= 11 is 6.47. The van der Waals surface area contributed by atoms with E-state index in [1.54, 1.807) is 18.2 Å². The standard InChI is InChI=1S/C30H27ClN2O4/c1-5-37-20-12-13-24(31)22(15-20)28(34)26-27(23-16-32(4)25-9-7-6-8-21(23)25)33(30(36)29(26)35)19-11-10-17(2)18(3)14-19/h6-16,27,34H,5H2,1-4H3/b28-26+. The lowest BCUT2D eigenvalue weighted by Gasteiger charge is -2.25. The number of ketones is 1. The molecule has 37 heavy (non-hydrogen) atoms. The number of carbonyl (C=O) groups excluding carboxylic acids is 2. The van der Waals surface area contributed by atoms with Gasteiger partial charge in [-0.25, -0.2) is 0 Å². The van der Waals surface area contributed by atoms with E-state index >= 15 is 0 Å². The van der Waals surface area contributed by atoms with Gasteiger partial charge in [0.05, 0.1) is 23.2 Å². The van der Waals surface area contributed by atoms with Crippen molar-refractivity contribution < 1.29 is 19.4 Å². The number of aliphatic hydroxyl groups excluding tert-OH is 1. The first-order valence-corrected chi connectivity index (χ1v) is 12.5. The Morgan fingerprint density at radius 1 is 1.03 bits per heavy atom. The highest BCUT2D eigenvalue weighted by Gasteiger charge is 2.48. The number of hydrogen-bond acceptors (Lipinski definition) is 4. The molecule has 1 saturated heterocycles. The maximum absolute atomic E-state index is 13.6. The molecule has 1 unspecified atom stereocenters. The quantitative estimate of drug-likeness (QED) is 0.188. The molecule has 0 radical (unpaired) electrons. The Kier molecular flexibility index (Phi) is 6.30. The van der Waals surface area contributed by atoms with Crippen LogP contribution in [0.1, 0.15) is 35.2 Å². The SMILES string of the molecule is CCOc1ccc(Cl)c(/C(O)=C2\C(=O)C(=O)N(c3ccc(C)c(C)c3)C2c2cn(C)c3ccccc23)c1. The molecule has 5 rings (SSSR count). The molecule has 1 atom stereocenters. The highest BCUT2D eigenvalue weighted by molar-refractivity contribution is 6.52. The lowest BCUT2D eigenvalue weighted by molar-refractivity contribution is -0.132. The van der Waals surface area contributed by atoms with Crippen molar-refractivity contribution in [3.63, 3.8) is 0 Å². The fourth-order valence-electron chi connectivity index (χ4n) is 4.95. The highest BCUT2D eigenvalue weighted by Crippen LogP contribution is 2.45. The Morgan fingerprint density at radius 3 is 2.51 bits per heavy atom. The van der Waals surface area contributed by atoms with Crippen LogP contribution >= 0.6 is 11.6 Å². The number of Topliss-reactive ketones (excluding diaryl/α,β-unsaturated/α-hetero) is 1. The summed E-state index contributed by atoms with van der Waals surface area (Å²) in [5, 5.41) is 12.7. The number of aromatic nitrogens is 1. The first-order chi connectivity index (χ1) is 17.7. The summed E-state index contributed by atoms with van der Waals surface area (Å²) in [6.45, 7) is 6.23. The van der Waals surface area contributed by atoms with Gasteiger partial charge in [-0.15, -0.1) is 0 Å². The van der Waals surface area contributed by atoms with Gasteiger partial charge in [-0.1, -0.05) is 35.9 Å². The van der Waals surface area contributed by atoms with Gasteiger partial charge in [-0.05, 0) is 68.3 Å². The van der Waals surface area contributed by atoms with Gasteiger partial charge in [0.1, 0.15) is 11.5 Å². The van der Waals surface area contributed by atoms with Gasteiger partial charge in [0.25, 0.3) is 11.7 Å². The van der Waals surface area contributed by atoms with Crippen LogP contribution in [-0.4, -0.2) is 28.0 Å². The number of hydrogen-bond donors (Lipinski definition) is 1. The Labute approximate surface area is 220 Å². The molecule has 0 saturated carbocycles. The number of aliphatic hydroxyl groups is 1. The van der Waals surface area contributed by atoms with E-state index in [1.165, 1.54) is 4.90 Å². The average molecular weight is 515 g/mol. The van der Waals surface area contributed by atoms with E-state index in [0.29, 0.717) is 18.0 Å². The first kappa shape index (κ1) is 24.7. The molecule has 0 spiro atoms. The fraction of sp³-hybridized carbons (Fsp3) is 0.200. The molecule has 1 amide bonds. The summed E-state index contributed by atoms with van der Waals surface area (Å²) in [6, 6.07) is 17.4. The molecule has 1 aromatic heterocycles. The van der Waals surface area contributed by atoms with E-state index in [1.807, 2.05) is 81.0 Å². The molecule has 6 nitrogen and oxygen atoms in total. The van der Waals surface area contributed by atoms with Crippen molar-refractivity contribution in [1.82, 2.24) is 4.57 Å². The number of ether oxygens (including phenoxy) is 1. The summed E-state index contributed by atoms with van der Waals surface area (Å²) in [5.41, 5.74) is 4.53. The molecule has 7 heteroatoms. The second-order valence-electron chi connectivity index (χ2n) is 9.22. The maximum Gasteiger partial charge on any atom is 0.300 e. The molecular weight excluding hydrogens is 488 g/mol. The van der Waals surface area contributed by atoms with Crippen LogP contribution in [-0.2, 0) is 16.6 Å². The predicted molar refractivity (Wildman–Crippen MR) is 146 cm³/mol. The predicted octanol–water partition coefficient (Wildman–Crippen LogP) is 6.47. The van der Waals surface area contributed by atoms with E-state index in [-0.39, 0.29) is 21.9 Å². The zero-order chi connectivity index (χ0) is 26.4. The van der Waals surface area contributed by atoms with E-state index in [2.05, 4.69) is 0 Å². The van der Waals surface area contributed by atoms with Crippen LogP contribution in [0, 0.1) is 13.8 Å². The van der Waals surface area contributed by atoms with Crippen LogP contribution in [0.2, 0.25) is 5.02 Å². The number of para-hydroxylation sites is 1. The number of anilines is 1. The third kappa shape index (κ3) is 4.07. The Bertz CT molecular complexity index is 1600. The Balaban J connectivity index is 1.81. The number of carbonyl (C=O) groups is 2. The molecule has 0 aliphatic carbocycles. The van der Waals surface area contributed by atoms with Crippen molar-refractivity contribution in [3.8, 4) is 5.75 Å². The molecule has 0 bridgehead atoms. The zero-order valence-corrected chi connectivity index (χ0v) is 21.8. The highest BCUT2D eigenvalue weighted by atomic mass is 35.5. The van der Waals surface area contributed by atoms with Crippen LogP contribution in [0.3, 0.4) is 0 Å². The van der Waals surface area contributed by atoms with Gasteiger partial charge < -0.3 is 14.4 Å². The first-order valence-electron chi connectivity index (χ1n) is 12.1. The minimum Gasteiger partial charge on any atom is -0.507 e. The normalized spacial score (nSPS) is 17.1. The van der Waals surface area contributed by atoms with Crippen molar-refractivity contribution in [2.24, 2.45) is 7.05 Å². The third-order valence-electron chi connectivity index (χ3n) is 6.94. The number of nitrogens with zero attached hydrogens (tertiary/aromatic N) is 2. The van der Waals surface area contributed by atoms with E-state index < -0.39 is 17.7 Å². The summed E-state index contributed by atoms with van der Waals surface area (Å²) < 4.78 is 7.54. The molecule has 4 aromatic rings. The number of rotatable bonds is 5. The number of halogens is 1. The number of fused-ring (bicyclic) bond motifs is 1. The number of amides is 1. The Hall–Kier alpha value is -4.03. The summed E-state index contributed by atoms with van der Waals surface area (Å²) in [4.78, 5) is 28.7. The maximum atomic E-state index is 13.6. The molecule has 3 aromatic carbocycles. The second kappa shape index (κ2) is 9.45. The number of aryl methyl sites for hydroxylation is 3. The summed E-state index contributed by atoms with van der Waals surface area (Å²) in [6.07, 6.45) is 1.90. The lowest BCUT2D eigenvalue weighted by Crippen LogP contribution is -2.29. The van der Waals surface area contributed by atoms with Crippen molar-refractivity contribution in [1.29, 1.82) is 0 Å². The third-order valence-corrected chi connectivity index (χ3v) is 7.27. The average Bonchev–Trinajstić information content (AvgIpc) is 3.35. The van der Waals surface area contributed by atoms with Crippen molar-refractivity contribution in [2.75, 3.05) is 11.5 Å². The summed E-state index contributed by atoms with van der Waals surface area (Å²) in [5.74, 6) is -1.32.